The minimum atomic E-state index is 0.168. The molecule has 0 heterocycles. The number of hydrogen-bond donors (Lipinski definition) is 0. The lowest BCUT2D eigenvalue weighted by atomic mass is 9.87. The molecule has 0 bridgehead atoms. The van der Waals surface area contributed by atoms with Crippen molar-refractivity contribution in [2.45, 2.75) is 52.4 Å². The van der Waals surface area contributed by atoms with Crippen LogP contribution in [0.25, 0.3) is 0 Å². The maximum atomic E-state index is 5.75. The van der Waals surface area contributed by atoms with Crippen molar-refractivity contribution < 1.29 is 9.47 Å². The average Bonchev–Trinajstić information content (AvgIpc) is 2.51. The highest BCUT2D eigenvalue weighted by molar-refractivity contribution is 5.32. The number of hydrogen-bond acceptors (Lipinski definition) is 2. The lowest BCUT2D eigenvalue weighted by molar-refractivity contribution is 0.217. The fourth-order valence-corrected chi connectivity index (χ4v) is 2.42. The molecule has 2 heteroatoms. The van der Waals surface area contributed by atoms with Gasteiger partial charge in [-0.15, -0.1) is 0 Å². The van der Waals surface area contributed by atoms with E-state index >= 15 is 0 Å². The van der Waals surface area contributed by atoms with Crippen molar-refractivity contribution in [3.63, 3.8) is 0 Å². The molecule has 0 fully saturated rings. The zero-order valence-electron chi connectivity index (χ0n) is 15.8. The molecule has 0 saturated carbocycles. The summed E-state index contributed by atoms with van der Waals surface area (Å²) in [5, 5.41) is 0. The molecule has 0 aromatic heterocycles. The van der Waals surface area contributed by atoms with Gasteiger partial charge in [0, 0.05) is 0 Å². The first kappa shape index (κ1) is 18.4. The molecule has 0 spiro atoms. The minimum Gasteiger partial charge on any atom is -0.490 e. The van der Waals surface area contributed by atoms with E-state index in [9.17, 15) is 0 Å². The van der Waals surface area contributed by atoms with E-state index in [1.165, 1.54) is 11.1 Å². The topological polar surface area (TPSA) is 18.5 Å². The van der Waals surface area contributed by atoms with E-state index in [-0.39, 0.29) is 10.8 Å². The Kier molecular flexibility index (Phi) is 5.58. The molecule has 0 unspecified atom stereocenters. The van der Waals surface area contributed by atoms with Crippen molar-refractivity contribution in [2.24, 2.45) is 0 Å². The van der Waals surface area contributed by atoms with Crippen LogP contribution in [0.1, 0.15) is 52.7 Å². The molecule has 0 saturated heterocycles. The molecule has 2 aromatic rings. The Morgan fingerprint density at radius 1 is 0.542 bits per heavy atom. The van der Waals surface area contributed by atoms with Crippen molar-refractivity contribution in [2.75, 3.05) is 13.2 Å². The molecular weight excluding hydrogens is 296 g/mol. The third-order valence-corrected chi connectivity index (χ3v) is 4.06. The van der Waals surface area contributed by atoms with Gasteiger partial charge in [-0.1, -0.05) is 65.8 Å². The van der Waals surface area contributed by atoms with Crippen molar-refractivity contribution in [1.82, 2.24) is 0 Å². The van der Waals surface area contributed by atoms with Crippen LogP contribution in [0.3, 0.4) is 0 Å². The van der Waals surface area contributed by atoms with Crippen molar-refractivity contribution >= 4 is 0 Å². The van der Waals surface area contributed by atoms with Crippen LogP contribution in [-0.2, 0) is 10.8 Å². The first-order valence-electron chi connectivity index (χ1n) is 8.63. The molecule has 2 aromatic carbocycles. The van der Waals surface area contributed by atoms with Crippen molar-refractivity contribution in [3.05, 3.63) is 59.7 Å². The highest BCUT2D eigenvalue weighted by Crippen LogP contribution is 2.25. The zero-order valence-corrected chi connectivity index (χ0v) is 15.8. The van der Waals surface area contributed by atoms with Crippen molar-refractivity contribution in [3.8, 4) is 11.5 Å². The summed E-state index contributed by atoms with van der Waals surface area (Å²) >= 11 is 0. The van der Waals surface area contributed by atoms with E-state index in [1.807, 2.05) is 24.3 Å². The van der Waals surface area contributed by atoms with Gasteiger partial charge in [0.2, 0.25) is 0 Å². The van der Waals surface area contributed by atoms with E-state index in [0.717, 1.165) is 11.5 Å². The van der Waals surface area contributed by atoms with E-state index in [0.29, 0.717) is 13.2 Å². The van der Waals surface area contributed by atoms with Crippen LogP contribution in [0.15, 0.2) is 48.5 Å². The molecule has 0 aliphatic heterocycles. The van der Waals surface area contributed by atoms with E-state index in [4.69, 9.17) is 9.47 Å². The van der Waals surface area contributed by atoms with Gasteiger partial charge >= 0.3 is 0 Å². The second-order valence-electron chi connectivity index (χ2n) is 8.25. The molecule has 0 atom stereocenters. The average molecular weight is 326 g/mol. The van der Waals surface area contributed by atoms with Gasteiger partial charge in [0.1, 0.15) is 24.7 Å². The van der Waals surface area contributed by atoms with E-state index < -0.39 is 0 Å². The number of benzene rings is 2. The Bertz CT molecular complexity index is 566. The molecule has 130 valence electrons. The third-order valence-electron chi connectivity index (χ3n) is 4.06. The summed E-state index contributed by atoms with van der Waals surface area (Å²) in [4.78, 5) is 0. The van der Waals surface area contributed by atoms with E-state index in [1.54, 1.807) is 0 Å². The first-order chi connectivity index (χ1) is 11.2. The SMILES string of the molecule is CC(C)(C)c1ccc(OCCOc2ccc(C(C)(C)C)cc2)cc1. The van der Waals surface area contributed by atoms with E-state index in [2.05, 4.69) is 65.8 Å². The molecule has 0 amide bonds. The molecule has 0 N–H and O–H groups in total. The van der Waals surface area contributed by atoms with Crippen LogP contribution >= 0.6 is 0 Å². The zero-order chi connectivity index (χ0) is 17.8. The molecule has 24 heavy (non-hydrogen) atoms. The molecular formula is C22H30O2. The summed E-state index contributed by atoms with van der Waals surface area (Å²) in [7, 11) is 0. The fraction of sp³-hybridized carbons (Fsp3) is 0.455. The summed E-state index contributed by atoms with van der Waals surface area (Å²) in [5.74, 6) is 1.77. The monoisotopic (exact) mass is 326 g/mol. The molecule has 0 aliphatic rings. The molecule has 2 rings (SSSR count). The second-order valence-corrected chi connectivity index (χ2v) is 8.25. The smallest absolute Gasteiger partial charge is 0.122 e. The van der Waals surface area contributed by atoms with Crippen LogP contribution in [0, 0.1) is 0 Å². The van der Waals surface area contributed by atoms with Crippen molar-refractivity contribution in [1.29, 1.82) is 0 Å². The summed E-state index contributed by atoms with van der Waals surface area (Å²) in [5.41, 5.74) is 2.96. The second kappa shape index (κ2) is 7.29. The van der Waals surface area contributed by atoms with Gasteiger partial charge in [-0.2, -0.15) is 0 Å². The lowest BCUT2D eigenvalue weighted by Gasteiger charge is -2.19. The van der Waals surface area contributed by atoms with Gasteiger partial charge < -0.3 is 9.47 Å². The maximum absolute atomic E-state index is 5.75. The molecule has 2 nitrogen and oxygen atoms in total. The highest BCUT2D eigenvalue weighted by atomic mass is 16.5. The van der Waals surface area contributed by atoms with Gasteiger partial charge in [0.15, 0.2) is 0 Å². The standard InChI is InChI=1S/C22H30O2/c1-21(2,3)17-7-11-19(12-8-17)23-15-16-24-20-13-9-18(10-14-20)22(4,5)6/h7-14H,15-16H2,1-6H3. The first-order valence-corrected chi connectivity index (χ1v) is 8.63. The highest BCUT2D eigenvalue weighted by Gasteiger charge is 2.13. The number of ether oxygens (including phenoxy) is 2. The van der Waals surface area contributed by atoms with Crippen LogP contribution in [-0.4, -0.2) is 13.2 Å². The van der Waals surface area contributed by atoms with Crippen LogP contribution in [0.5, 0.6) is 11.5 Å². The summed E-state index contributed by atoms with van der Waals surface area (Å²) < 4.78 is 11.5. The predicted octanol–water partition coefficient (Wildman–Crippen LogP) is 5.74. The van der Waals surface area contributed by atoms with Gasteiger partial charge in [-0.3, -0.25) is 0 Å². The molecule has 0 aliphatic carbocycles. The molecule has 0 radical (unpaired) electrons. The summed E-state index contributed by atoms with van der Waals surface area (Å²) in [6.07, 6.45) is 0. The van der Waals surface area contributed by atoms with Gasteiger partial charge in [0.25, 0.3) is 0 Å². The van der Waals surface area contributed by atoms with Gasteiger partial charge in [-0.05, 0) is 46.2 Å². The maximum Gasteiger partial charge on any atom is 0.122 e. The van der Waals surface area contributed by atoms with Crippen LogP contribution < -0.4 is 9.47 Å². The minimum absolute atomic E-state index is 0.168. The van der Waals surface area contributed by atoms with Crippen LogP contribution in [0.2, 0.25) is 0 Å². The fourth-order valence-electron chi connectivity index (χ4n) is 2.42. The Hall–Kier alpha value is -1.96. The normalized spacial score (nSPS) is 12.1. The Morgan fingerprint density at radius 3 is 1.08 bits per heavy atom. The quantitative estimate of drug-likeness (QED) is 0.652. The Balaban J connectivity index is 1.79. The Labute approximate surface area is 146 Å². The summed E-state index contributed by atoms with van der Waals surface area (Å²) in [6.45, 7) is 14.3. The van der Waals surface area contributed by atoms with Gasteiger partial charge in [0.05, 0.1) is 0 Å². The summed E-state index contributed by atoms with van der Waals surface area (Å²) in [6, 6.07) is 16.6. The lowest BCUT2D eigenvalue weighted by Crippen LogP contribution is -2.12. The van der Waals surface area contributed by atoms with Crippen LogP contribution in [0.4, 0.5) is 0 Å². The number of rotatable bonds is 5. The Morgan fingerprint density at radius 2 is 0.833 bits per heavy atom. The van der Waals surface area contributed by atoms with Gasteiger partial charge in [-0.25, -0.2) is 0 Å². The predicted molar refractivity (Wildman–Crippen MR) is 101 cm³/mol. The largest absolute Gasteiger partial charge is 0.490 e. The third kappa shape index (κ3) is 5.30.